The molecule has 1 heteroatoms. The first kappa shape index (κ1) is 15.2. The highest BCUT2D eigenvalue weighted by Crippen LogP contribution is 2.35. The third kappa shape index (κ3) is 2.32. The van der Waals surface area contributed by atoms with Crippen molar-refractivity contribution in [3.8, 4) is 11.1 Å². The Kier molecular flexibility index (Phi) is 3.36. The van der Waals surface area contributed by atoms with Gasteiger partial charge in [-0.15, -0.1) is 0 Å². The molecule has 5 aromatic rings. The van der Waals surface area contributed by atoms with Gasteiger partial charge in [0.25, 0.3) is 0 Å². The van der Waals surface area contributed by atoms with E-state index in [1.54, 1.807) is 0 Å². The molecule has 1 aromatic heterocycles. The van der Waals surface area contributed by atoms with Gasteiger partial charge in [0, 0.05) is 10.8 Å². The van der Waals surface area contributed by atoms with Gasteiger partial charge in [-0.25, -0.2) is 0 Å². The number of benzene rings is 4. The first-order chi connectivity index (χ1) is 12.7. The summed E-state index contributed by atoms with van der Waals surface area (Å²) in [7, 11) is 0. The minimum atomic E-state index is 0.513. The van der Waals surface area contributed by atoms with Gasteiger partial charge in [-0.3, -0.25) is 0 Å². The number of fused-ring (bicyclic) bond motifs is 4. The molecule has 1 heterocycles. The molecule has 0 unspecified atom stereocenters. The molecule has 126 valence electrons. The van der Waals surface area contributed by atoms with Crippen LogP contribution in [0.4, 0.5) is 0 Å². The first-order valence-electron chi connectivity index (χ1n) is 9.15. The molecule has 5 rings (SSSR count). The second-order valence-corrected chi connectivity index (χ2v) is 7.25. The first-order valence-corrected chi connectivity index (χ1v) is 9.15. The van der Waals surface area contributed by atoms with E-state index in [1.165, 1.54) is 38.2 Å². The lowest BCUT2D eigenvalue weighted by Crippen LogP contribution is -1.85. The van der Waals surface area contributed by atoms with Crippen molar-refractivity contribution >= 4 is 32.7 Å². The van der Waals surface area contributed by atoms with Crippen LogP contribution in [0.2, 0.25) is 0 Å². The van der Waals surface area contributed by atoms with Crippen LogP contribution in [0.5, 0.6) is 0 Å². The number of hydrogen-bond donors (Lipinski definition) is 0. The van der Waals surface area contributed by atoms with Crippen molar-refractivity contribution < 1.29 is 4.42 Å². The average Bonchev–Trinajstić information content (AvgIpc) is 3.04. The Labute approximate surface area is 152 Å². The lowest BCUT2D eigenvalue weighted by molar-refractivity contribution is 0.668. The van der Waals surface area contributed by atoms with Crippen LogP contribution >= 0.6 is 0 Å². The summed E-state index contributed by atoms with van der Waals surface area (Å²) in [5, 5.41) is 4.92. The van der Waals surface area contributed by atoms with Crippen molar-refractivity contribution in [2.45, 2.75) is 19.8 Å². The third-order valence-corrected chi connectivity index (χ3v) is 5.26. The molecule has 0 saturated heterocycles. The van der Waals surface area contributed by atoms with E-state index in [-0.39, 0.29) is 0 Å². The Bertz CT molecular complexity index is 1250. The van der Waals surface area contributed by atoms with Gasteiger partial charge in [0.1, 0.15) is 11.2 Å². The molecule has 0 aliphatic carbocycles. The van der Waals surface area contributed by atoms with Gasteiger partial charge >= 0.3 is 0 Å². The fraction of sp³-hybridized carbons (Fsp3) is 0.120. The van der Waals surface area contributed by atoms with Crippen LogP contribution in [-0.4, -0.2) is 0 Å². The van der Waals surface area contributed by atoms with Crippen molar-refractivity contribution in [2.75, 3.05) is 0 Å². The van der Waals surface area contributed by atoms with Crippen LogP contribution in [0, 0.1) is 0 Å². The molecule has 0 radical (unpaired) electrons. The lowest BCUT2D eigenvalue weighted by Gasteiger charge is -2.07. The summed E-state index contributed by atoms with van der Waals surface area (Å²) in [4.78, 5) is 0. The van der Waals surface area contributed by atoms with Crippen molar-refractivity contribution in [1.29, 1.82) is 0 Å². The van der Waals surface area contributed by atoms with E-state index in [0.29, 0.717) is 5.92 Å². The maximum absolute atomic E-state index is 6.16. The van der Waals surface area contributed by atoms with Crippen LogP contribution in [0.25, 0.3) is 43.8 Å². The van der Waals surface area contributed by atoms with E-state index >= 15 is 0 Å². The molecule has 0 fully saturated rings. The molecule has 0 aliphatic heterocycles. The molecule has 4 aromatic carbocycles. The summed E-state index contributed by atoms with van der Waals surface area (Å²) < 4.78 is 6.16. The van der Waals surface area contributed by atoms with Gasteiger partial charge in [-0.1, -0.05) is 68.4 Å². The highest BCUT2D eigenvalue weighted by molar-refractivity contribution is 6.07. The number of rotatable bonds is 2. The largest absolute Gasteiger partial charge is 0.456 e. The van der Waals surface area contributed by atoms with E-state index in [4.69, 9.17) is 4.42 Å². The summed E-state index contributed by atoms with van der Waals surface area (Å²) in [6.07, 6.45) is 0. The molecule has 0 spiro atoms. The van der Waals surface area contributed by atoms with Gasteiger partial charge in [-0.05, 0) is 57.6 Å². The Balaban J connectivity index is 1.74. The minimum absolute atomic E-state index is 0.513. The zero-order valence-corrected chi connectivity index (χ0v) is 15.0. The molecule has 0 amide bonds. The van der Waals surface area contributed by atoms with E-state index < -0.39 is 0 Å². The third-order valence-electron chi connectivity index (χ3n) is 5.26. The maximum atomic E-state index is 6.16. The molecule has 0 saturated carbocycles. The predicted octanol–water partition coefficient (Wildman–Crippen LogP) is 7.53. The quantitative estimate of drug-likeness (QED) is 0.325. The van der Waals surface area contributed by atoms with Crippen LogP contribution < -0.4 is 0 Å². The van der Waals surface area contributed by atoms with E-state index in [9.17, 15) is 0 Å². The molecule has 1 nitrogen and oxygen atoms in total. The van der Waals surface area contributed by atoms with Gasteiger partial charge in [-0.2, -0.15) is 0 Å². The molecule has 0 bridgehead atoms. The summed E-state index contributed by atoms with van der Waals surface area (Å²) in [5.74, 6) is 0.513. The second-order valence-electron chi connectivity index (χ2n) is 7.25. The van der Waals surface area contributed by atoms with E-state index in [1.807, 2.05) is 0 Å². The zero-order chi connectivity index (χ0) is 17.7. The fourth-order valence-corrected chi connectivity index (χ4v) is 3.80. The normalized spacial score (nSPS) is 11.8. The van der Waals surface area contributed by atoms with Crippen LogP contribution in [-0.2, 0) is 0 Å². The van der Waals surface area contributed by atoms with Gasteiger partial charge in [0.15, 0.2) is 0 Å². The molecule has 26 heavy (non-hydrogen) atoms. The zero-order valence-electron chi connectivity index (χ0n) is 15.0. The molecular formula is C25H20O. The lowest BCUT2D eigenvalue weighted by atomic mass is 9.97. The SMILES string of the molecule is CC(C)c1ccc2oc3cc(-c4cccc5ccccc45)ccc3c2c1. The second kappa shape index (κ2) is 5.74. The van der Waals surface area contributed by atoms with Crippen molar-refractivity contribution in [2.24, 2.45) is 0 Å². The monoisotopic (exact) mass is 336 g/mol. The summed E-state index contributed by atoms with van der Waals surface area (Å²) >= 11 is 0. The van der Waals surface area contributed by atoms with Gasteiger partial charge in [0.2, 0.25) is 0 Å². The van der Waals surface area contributed by atoms with Crippen LogP contribution in [0.3, 0.4) is 0 Å². The van der Waals surface area contributed by atoms with Crippen molar-refractivity contribution in [3.05, 3.63) is 84.4 Å². The Morgan fingerprint density at radius 2 is 1.50 bits per heavy atom. The van der Waals surface area contributed by atoms with Crippen LogP contribution in [0.1, 0.15) is 25.3 Å². The topological polar surface area (TPSA) is 13.1 Å². The summed E-state index contributed by atoms with van der Waals surface area (Å²) in [6, 6.07) is 28.1. The van der Waals surface area contributed by atoms with E-state index in [0.717, 1.165) is 11.2 Å². The average molecular weight is 336 g/mol. The Morgan fingerprint density at radius 3 is 2.38 bits per heavy atom. The Morgan fingerprint density at radius 1 is 0.654 bits per heavy atom. The van der Waals surface area contributed by atoms with Crippen LogP contribution in [0.15, 0.2) is 83.3 Å². The van der Waals surface area contributed by atoms with Crippen molar-refractivity contribution in [3.63, 3.8) is 0 Å². The van der Waals surface area contributed by atoms with E-state index in [2.05, 4.69) is 92.7 Å². The minimum Gasteiger partial charge on any atom is -0.456 e. The fourth-order valence-electron chi connectivity index (χ4n) is 3.80. The molecule has 0 N–H and O–H groups in total. The predicted molar refractivity (Wildman–Crippen MR) is 111 cm³/mol. The highest BCUT2D eigenvalue weighted by atomic mass is 16.3. The number of furan rings is 1. The van der Waals surface area contributed by atoms with Crippen molar-refractivity contribution in [1.82, 2.24) is 0 Å². The van der Waals surface area contributed by atoms with Gasteiger partial charge < -0.3 is 4.42 Å². The molecule has 0 atom stereocenters. The molecular weight excluding hydrogens is 316 g/mol. The number of hydrogen-bond acceptors (Lipinski definition) is 1. The highest BCUT2D eigenvalue weighted by Gasteiger charge is 2.11. The maximum Gasteiger partial charge on any atom is 0.136 e. The standard InChI is InChI=1S/C25H20O/c1-16(2)18-11-13-24-23(14-18)22-12-10-19(15-25(22)26-24)21-9-5-7-17-6-3-4-8-20(17)21/h3-16H,1-2H3. The smallest absolute Gasteiger partial charge is 0.136 e. The summed E-state index contributed by atoms with van der Waals surface area (Å²) in [5.41, 5.74) is 5.69. The summed E-state index contributed by atoms with van der Waals surface area (Å²) in [6.45, 7) is 4.45. The Hall–Kier alpha value is -3.06. The molecule has 0 aliphatic rings. The van der Waals surface area contributed by atoms with Gasteiger partial charge in [0.05, 0.1) is 0 Å².